The number of carbonyl (C=O) groups is 1. The second-order valence-corrected chi connectivity index (χ2v) is 6.45. The molecule has 3 rings (SSSR count). The van der Waals surface area contributed by atoms with Crippen LogP contribution in [0.15, 0.2) is 55.1 Å². The first-order chi connectivity index (χ1) is 12.7. The van der Waals surface area contributed by atoms with Gasteiger partial charge >= 0.3 is 0 Å². The van der Waals surface area contributed by atoms with Gasteiger partial charge in [-0.1, -0.05) is 36.4 Å². The van der Waals surface area contributed by atoms with Gasteiger partial charge in [-0.2, -0.15) is 0 Å². The average molecular weight is 369 g/mol. The number of rotatable bonds is 9. The van der Waals surface area contributed by atoms with Gasteiger partial charge in [0.25, 0.3) is 0 Å². The van der Waals surface area contributed by atoms with E-state index in [1.807, 2.05) is 30.3 Å². The molecule has 2 aromatic carbocycles. The van der Waals surface area contributed by atoms with Gasteiger partial charge in [-0.15, -0.1) is 0 Å². The molecule has 2 N–H and O–H groups in total. The van der Waals surface area contributed by atoms with E-state index in [4.69, 9.17) is 16.3 Å². The number of hydrogen-bond acceptors (Lipinski definition) is 2. The SMILES string of the molecule is C=CCOc1ccc(Cc2[nH]c3ccc(Cl)cc3c2CCNC=O)cc1. The van der Waals surface area contributed by atoms with E-state index < -0.39 is 0 Å². The van der Waals surface area contributed by atoms with Gasteiger partial charge in [0, 0.05) is 34.6 Å². The van der Waals surface area contributed by atoms with Crippen LogP contribution in [0.25, 0.3) is 10.9 Å². The van der Waals surface area contributed by atoms with Gasteiger partial charge in [0.2, 0.25) is 6.41 Å². The largest absolute Gasteiger partial charge is 0.490 e. The summed E-state index contributed by atoms with van der Waals surface area (Å²) in [5, 5.41) is 4.54. The molecule has 0 unspecified atom stereocenters. The van der Waals surface area contributed by atoms with Crippen LogP contribution in [-0.4, -0.2) is 24.5 Å². The number of fused-ring (bicyclic) bond motifs is 1. The van der Waals surface area contributed by atoms with Crippen molar-refractivity contribution >= 4 is 28.9 Å². The highest BCUT2D eigenvalue weighted by Gasteiger charge is 2.12. The number of benzene rings is 2. The Morgan fingerprint density at radius 1 is 1.19 bits per heavy atom. The number of aromatic amines is 1. The Hall–Kier alpha value is -2.72. The minimum Gasteiger partial charge on any atom is -0.490 e. The summed E-state index contributed by atoms with van der Waals surface area (Å²) in [6.07, 6.45) is 3.96. The Morgan fingerprint density at radius 3 is 2.73 bits per heavy atom. The van der Waals surface area contributed by atoms with Crippen LogP contribution in [0.5, 0.6) is 5.75 Å². The molecular weight excluding hydrogens is 348 g/mol. The second kappa shape index (κ2) is 8.59. The summed E-state index contributed by atoms with van der Waals surface area (Å²) in [4.78, 5) is 14.1. The zero-order valence-corrected chi connectivity index (χ0v) is 15.2. The predicted molar refractivity (Wildman–Crippen MR) is 106 cm³/mol. The van der Waals surface area contributed by atoms with Gasteiger partial charge in [-0.3, -0.25) is 4.79 Å². The van der Waals surface area contributed by atoms with Gasteiger partial charge in [-0.25, -0.2) is 0 Å². The van der Waals surface area contributed by atoms with E-state index in [2.05, 4.69) is 29.0 Å². The van der Waals surface area contributed by atoms with Crippen molar-refractivity contribution in [3.05, 3.63) is 77.0 Å². The molecule has 0 saturated heterocycles. The molecule has 4 nitrogen and oxygen atoms in total. The van der Waals surface area contributed by atoms with Gasteiger partial charge in [0.05, 0.1) is 0 Å². The zero-order chi connectivity index (χ0) is 18.4. The molecule has 0 aliphatic rings. The van der Waals surface area contributed by atoms with Crippen molar-refractivity contribution in [3.8, 4) is 5.75 Å². The van der Waals surface area contributed by atoms with Crippen LogP contribution in [0.1, 0.15) is 16.8 Å². The first-order valence-corrected chi connectivity index (χ1v) is 8.87. The highest BCUT2D eigenvalue weighted by Crippen LogP contribution is 2.28. The fraction of sp³-hybridized carbons (Fsp3) is 0.190. The smallest absolute Gasteiger partial charge is 0.207 e. The van der Waals surface area contributed by atoms with Gasteiger partial charge in [0.15, 0.2) is 0 Å². The molecule has 0 fully saturated rings. The summed E-state index contributed by atoms with van der Waals surface area (Å²) in [5.41, 5.74) is 4.55. The maximum absolute atomic E-state index is 10.6. The van der Waals surface area contributed by atoms with E-state index in [9.17, 15) is 4.79 Å². The predicted octanol–water partition coefficient (Wildman–Crippen LogP) is 4.27. The topological polar surface area (TPSA) is 54.1 Å². The van der Waals surface area contributed by atoms with Crippen LogP contribution in [-0.2, 0) is 17.6 Å². The molecule has 1 amide bonds. The third-order valence-electron chi connectivity index (χ3n) is 4.23. The Bertz CT molecular complexity index is 900. The Balaban J connectivity index is 1.86. The van der Waals surface area contributed by atoms with E-state index in [1.165, 1.54) is 11.1 Å². The average Bonchev–Trinajstić information content (AvgIpc) is 2.98. The summed E-state index contributed by atoms with van der Waals surface area (Å²) in [5.74, 6) is 0.826. The molecular formula is C21H21ClN2O2. The van der Waals surface area contributed by atoms with Gasteiger partial charge in [-0.05, 0) is 47.9 Å². The molecule has 0 aliphatic heterocycles. The van der Waals surface area contributed by atoms with Crippen LogP contribution in [0, 0.1) is 0 Å². The quantitative estimate of drug-likeness (QED) is 0.337. The lowest BCUT2D eigenvalue weighted by molar-refractivity contribution is -0.109. The van der Waals surface area contributed by atoms with Crippen molar-refractivity contribution in [2.75, 3.05) is 13.2 Å². The van der Waals surface area contributed by atoms with E-state index in [0.717, 1.165) is 41.6 Å². The number of nitrogens with one attached hydrogen (secondary N) is 2. The molecule has 0 bridgehead atoms. The van der Waals surface area contributed by atoms with E-state index in [1.54, 1.807) is 6.08 Å². The molecule has 0 radical (unpaired) electrons. The van der Waals surface area contributed by atoms with E-state index in [-0.39, 0.29) is 0 Å². The lowest BCUT2D eigenvalue weighted by atomic mass is 10.0. The van der Waals surface area contributed by atoms with Crippen molar-refractivity contribution in [1.29, 1.82) is 0 Å². The highest BCUT2D eigenvalue weighted by atomic mass is 35.5. The number of aromatic nitrogens is 1. The lowest BCUT2D eigenvalue weighted by Gasteiger charge is -2.07. The first-order valence-electron chi connectivity index (χ1n) is 8.50. The molecule has 1 heterocycles. The molecule has 0 spiro atoms. The molecule has 26 heavy (non-hydrogen) atoms. The summed E-state index contributed by atoms with van der Waals surface area (Å²) in [6.45, 7) is 4.73. The molecule has 1 aromatic heterocycles. The molecule has 5 heteroatoms. The number of H-pyrrole nitrogens is 1. The monoisotopic (exact) mass is 368 g/mol. The molecule has 0 atom stereocenters. The summed E-state index contributed by atoms with van der Waals surface area (Å²) in [6, 6.07) is 13.9. The second-order valence-electron chi connectivity index (χ2n) is 6.01. The van der Waals surface area contributed by atoms with Gasteiger partial charge in [0.1, 0.15) is 12.4 Å². The third kappa shape index (κ3) is 4.27. The third-order valence-corrected chi connectivity index (χ3v) is 4.47. The van der Waals surface area contributed by atoms with E-state index >= 15 is 0 Å². The fourth-order valence-electron chi connectivity index (χ4n) is 3.03. The van der Waals surface area contributed by atoms with Crippen molar-refractivity contribution in [1.82, 2.24) is 10.3 Å². The minimum atomic E-state index is 0.496. The molecule has 134 valence electrons. The van der Waals surface area contributed by atoms with Crippen molar-refractivity contribution in [2.45, 2.75) is 12.8 Å². The van der Waals surface area contributed by atoms with Crippen LogP contribution in [0.2, 0.25) is 5.02 Å². The molecule has 0 saturated carbocycles. The number of hydrogen-bond donors (Lipinski definition) is 2. The number of amides is 1. The van der Waals surface area contributed by atoms with E-state index in [0.29, 0.717) is 18.2 Å². The van der Waals surface area contributed by atoms with Crippen molar-refractivity contribution in [3.63, 3.8) is 0 Å². The number of halogens is 1. The lowest BCUT2D eigenvalue weighted by Crippen LogP contribution is -2.15. The Morgan fingerprint density at radius 2 is 2.00 bits per heavy atom. The Kier molecular flexibility index (Phi) is 5.97. The zero-order valence-electron chi connectivity index (χ0n) is 14.4. The molecule has 0 aliphatic carbocycles. The van der Waals surface area contributed by atoms with Crippen LogP contribution >= 0.6 is 11.6 Å². The van der Waals surface area contributed by atoms with Crippen LogP contribution in [0.3, 0.4) is 0 Å². The maximum Gasteiger partial charge on any atom is 0.207 e. The summed E-state index contributed by atoms with van der Waals surface area (Å²) >= 11 is 6.17. The fourth-order valence-corrected chi connectivity index (χ4v) is 3.20. The standard InChI is InChI=1S/C21H21ClN2O2/c1-2-11-26-17-6-3-15(4-7-17)12-21-18(9-10-23-14-25)19-13-16(22)5-8-20(19)24-21/h2-8,13-14,24H,1,9-12H2,(H,23,25). The highest BCUT2D eigenvalue weighted by molar-refractivity contribution is 6.31. The molecule has 3 aromatic rings. The van der Waals surface area contributed by atoms with Gasteiger partial charge < -0.3 is 15.0 Å². The summed E-state index contributed by atoms with van der Waals surface area (Å²) in [7, 11) is 0. The van der Waals surface area contributed by atoms with Crippen LogP contribution < -0.4 is 10.1 Å². The normalized spacial score (nSPS) is 10.7. The number of carbonyl (C=O) groups excluding carboxylic acids is 1. The summed E-state index contributed by atoms with van der Waals surface area (Å²) < 4.78 is 5.53. The Labute approximate surface area is 157 Å². The van der Waals surface area contributed by atoms with Crippen LogP contribution in [0.4, 0.5) is 0 Å². The first kappa shape index (κ1) is 18.1. The minimum absolute atomic E-state index is 0.496. The van der Waals surface area contributed by atoms with Crippen molar-refractivity contribution in [2.24, 2.45) is 0 Å². The van der Waals surface area contributed by atoms with Crippen molar-refractivity contribution < 1.29 is 9.53 Å². The maximum atomic E-state index is 10.6. The number of ether oxygens (including phenoxy) is 1.